The van der Waals surface area contributed by atoms with Crippen LogP contribution in [0, 0.1) is 19.8 Å². The SMILES string of the molecule is Cc1cc(C)c(N2C(=O)CC(C)C2=O)c(C(=O)O)c1. The minimum atomic E-state index is -1.14. The summed E-state index contributed by atoms with van der Waals surface area (Å²) in [5, 5.41) is 9.26. The lowest BCUT2D eigenvalue weighted by Gasteiger charge is -2.20. The zero-order valence-corrected chi connectivity index (χ0v) is 11.1. The quantitative estimate of drug-likeness (QED) is 0.825. The first-order valence-electron chi connectivity index (χ1n) is 6.04. The Bertz CT molecular complexity index is 591. The van der Waals surface area contributed by atoms with Gasteiger partial charge in [0.15, 0.2) is 0 Å². The van der Waals surface area contributed by atoms with Gasteiger partial charge in [-0.2, -0.15) is 0 Å². The van der Waals surface area contributed by atoms with Gasteiger partial charge in [-0.25, -0.2) is 9.69 Å². The van der Waals surface area contributed by atoms with E-state index in [9.17, 15) is 19.5 Å². The predicted octanol–water partition coefficient (Wildman–Crippen LogP) is 1.90. The van der Waals surface area contributed by atoms with Crippen LogP contribution >= 0.6 is 0 Å². The second kappa shape index (κ2) is 4.50. The van der Waals surface area contributed by atoms with E-state index in [-0.39, 0.29) is 29.5 Å². The van der Waals surface area contributed by atoms with Crippen LogP contribution in [0.3, 0.4) is 0 Å². The van der Waals surface area contributed by atoms with E-state index in [0.717, 1.165) is 10.5 Å². The van der Waals surface area contributed by atoms with E-state index in [1.807, 2.05) is 0 Å². The van der Waals surface area contributed by atoms with Crippen molar-refractivity contribution in [1.82, 2.24) is 0 Å². The molecule has 0 bridgehead atoms. The molecule has 0 saturated carbocycles. The Hall–Kier alpha value is -2.17. The summed E-state index contributed by atoms with van der Waals surface area (Å²) in [5.74, 6) is -2.21. The van der Waals surface area contributed by atoms with Crippen molar-refractivity contribution in [2.45, 2.75) is 27.2 Å². The molecule has 0 aromatic heterocycles. The summed E-state index contributed by atoms with van der Waals surface area (Å²) < 4.78 is 0. The van der Waals surface area contributed by atoms with Crippen molar-refractivity contribution in [3.8, 4) is 0 Å². The van der Waals surface area contributed by atoms with Crippen LogP contribution in [0.1, 0.15) is 34.8 Å². The number of amides is 2. The van der Waals surface area contributed by atoms with Gasteiger partial charge in [-0.15, -0.1) is 0 Å². The molecule has 0 spiro atoms. The summed E-state index contributed by atoms with van der Waals surface area (Å²) in [7, 11) is 0. The van der Waals surface area contributed by atoms with Gasteiger partial charge in [0, 0.05) is 12.3 Å². The lowest BCUT2D eigenvalue weighted by Crippen LogP contribution is -2.32. The number of rotatable bonds is 2. The fraction of sp³-hybridized carbons (Fsp3) is 0.357. The summed E-state index contributed by atoms with van der Waals surface area (Å²) in [6, 6.07) is 3.25. The van der Waals surface area contributed by atoms with Gasteiger partial charge in [-0.05, 0) is 31.0 Å². The first kappa shape index (κ1) is 13.3. The van der Waals surface area contributed by atoms with E-state index in [2.05, 4.69) is 0 Å². The van der Waals surface area contributed by atoms with Gasteiger partial charge in [0.25, 0.3) is 0 Å². The molecule has 0 aliphatic carbocycles. The number of carboxylic acids is 1. The molecule has 5 nitrogen and oxygen atoms in total. The predicted molar refractivity (Wildman–Crippen MR) is 69.1 cm³/mol. The highest BCUT2D eigenvalue weighted by Crippen LogP contribution is 2.32. The van der Waals surface area contributed by atoms with E-state index in [1.54, 1.807) is 26.8 Å². The molecule has 1 aliphatic heterocycles. The van der Waals surface area contributed by atoms with Gasteiger partial charge in [0.1, 0.15) is 0 Å². The number of carbonyl (C=O) groups excluding carboxylic acids is 2. The van der Waals surface area contributed by atoms with E-state index < -0.39 is 11.9 Å². The molecule has 1 atom stereocenters. The highest BCUT2D eigenvalue weighted by atomic mass is 16.4. The molecule has 0 radical (unpaired) electrons. The third kappa shape index (κ3) is 2.12. The number of aromatic carboxylic acids is 1. The number of aryl methyl sites for hydroxylation is 2. The second-order valence-corrected chi connectivity index (χ2v) is 4.96. The average Bonchev–Trinajstić information content (AvgIpc) is 2.53. The third-order valence-electron chi connectivity index (χ3n) is 3.27. The van der Waals surface area contributed by atoms with Crippen molar-refractivity contribution in [2.75, 3.05) is 4.90 Å². The molecule has 1 saturated heterocycles. The van der Waals surface area contributed by atoms with Crippen LogP contribution in [0.15, 0.2) is 12.1 Å². The maximum absolute atomic E-state index is 12.0. The van der Waals surface area contributed by atoms with E-state index in [1.165, 1.54) is 6.07 Å². The lowest BCUT2D eigenvalue weighted by molar-refractivity contribution is -0.122. The number of nitrogens with zero attached hydrogens (tertiary/aromatic N) is 1. The number of hydrogen-bond acceptors (Lipinski definition) is 3. The van der Waals surface area contributed by atoms with Crippen molar-refractivity contribution in [2.24, 2.45) is 5.92 Å². The maximum atomic E-state index is 12.0. The third-order valence-corrected chi connectivity index (χ3v) is 3.27. The zero-order valence-electron chi connectivity index (χ0n) is 11.1. The first-order valence-corrected chi connectivity index (χ1v) is 6.04. The van der Waals surface area contributed by atoms with Crippen LogP contribution in [0.25, 0.3) is 0 Å². The summed E-state index contributed by atoms with van der Waals surface area (Å²) in [6.07, 6.45) is 0.130. The van der Waals surface area contributed by atoms with Gasteiger partial charge < -0.3 is 5.11 Å². The fourth-order valence-corrected chi connectivity index (χ4v) is 2.44. The van der Waals surface area contributed by atoms with Crippen molar-refractivity contribution in [1.29, 1.82) is 0 Å². The van der Waals surface area contributed by atoms with Crippen LogP contribution < -0.4 is 4.90 Å². The smallest absolute Gasteiger partial charge is 0.337 e. The van der Waals surface area contributed by atoms with Crippen LogP contribution in [0.2, 0.25) is 0 Å². The number of carboxylic acid groups (broad SMARTS) is 1. The van der Waals surface area contributed by atoms with Crippen LogP contribution in [-0.4, -0.2) is 22.9 Å². The molecule has 1 aliphatic rings. The standard InChI is InChI=1S/C14H15NO4/c1-7-4-8(2)12(10(5-7)14(18)19)15-11(16)6-9(3)13(15)17/h4-5,9H,6H2,1-3H3,(H,18,19). The van der Waals surface area contributed by atoms with E-state index in [4.69, 9.17) is 0 Å². The zero-order chi connectivity index (χ0) is 14.3. The Kier molecular flexibility index (Phi) is 3.14. The summed E-state index contributed by atoms with van der Waals surface area (Å²) >= 11 is 0. The first-order chi connectivity index (χ1) is 8.82. The van der Waals surface area contributed by atoms with Gasteiger partial charge in [0.2, 0.25) is 11.8 Å². The Labute approximate surface area is 110 Å². The van der Waals surface area contributed by atoms with Gasteiger partial charge >= 0.3 is 5.97 Å². The van der Waals surface area contributed by atoms with Gasteiger partial charge in [-0.1, -0.05) is 13.0 Å². The van der Waals surface area contributed by atoms with Crippen LogP contribution in [0.4, 0.5) is 5.69 Å². The Morgan fingerprint density at radius 2 is 1.95 bits per heavy atom. The van der Waals surface area contributed by atoms with Crippen molar-refractivity contribution in [3.05, 3.63) is 28.8 Å². The van der Waals surface area contributed by atoms with Crippen molar-refractivity contribution in [3.63, 3.8) is 0 Å². The number of hydrogen-bond donors (Lipinski definition) is 1. The molecular formula is C14H15NO4. The largest absolute Gasteiger partial charge is 0.478 e. The van der Waals surface area contributed by atoms with Gasteiger partial charge in [0.05, 0.1) is 11.3 Å². The number of benzene rings is 1. The molecule has 19 heavy (non-hydrogen) atoms. The molecule has 5 heteroatoms. The Morgan fingerprint density at radius 3 is 2.42 bits per heavy atom. The number of imide groups is 1. The minimum Gasteiger partial charge on any atom is -0.478 e. The molecule has 2 amide bonds. The van der Waals surface area contributed by atoms with Crippen LogP contribution in [-0.2, 0) is 9.59 Å². The molecule has 1 N–H and O–H groups in total. The van der Waals surface area contributed by atoms with Gasteiger partial charge in [-0.3, -0.25) is 9.59 Å². The van der Waals surface area contributed by atoms with E-state index >= 15 is 0 Å². The van der Waals surface area contributed by atoms with Crippen molar-refractivity contribution < 1.29 is 19.5 Å². The van der Waals surface area contributed by atoms with Crippen LogP contribution in [0.5, 0.6) is 0 Å². The normalized spacial score (nSPS) is 19.1. The molecular weight excluding hydrogens is 246 g/mol. The molecule has 1 heterocycles. The van der Waals surface area contributed by atoms with E-state index in [0.29, 0.717) is 5.56 Å². The molecule has 1 unspecified atom stereocenters. The minimum absolute atomic E-state index is 0.00620. The number of anilines is 1. The highest BCUT2D eigenvalue weighted by Gasteiger charge is 2.39. The molecule has 1 fully saturated rings. The summed E-state index contributed by atoms with van der Waals surface area (Å²) in [5.41, 5.74) is 1.60. The molecule has 1 aromatic rings. The Morgan fingerprint density at radius 1 is 1.32 bits per heavy atom. The topological polar surface area (TPSA) is 74.7 Å². The fourth-order valence-electron chi connectivity index (χ4n) is 2.44. The lowest BCUT2D eigenvalue weighted by atomic mass is 10.0. The van der Waals surface area contributed by atoms with Crippen molar-refractivity contribution >= 4 is 23.5 Å². The maximum Gasteiger partial charge on any atom is 0.337 e. The number of carbonyl (C=O) groups is 3. The molecule has 2 rings (SSSR count). The summed E-state index contributed by atoms with van der Waals surface area (Å²) in [4.78, 5) is 36.3. The summed E-state index contributed by atoms with van der Waals surface area (Å²) in [6.45, 7) is 5.15. The Balaban J connectivity index is 2.65. The monoisotopic (exact) mass is 261 g/mol. The second-order valence-electron chi connectivity index (χ2n) is 4.96. The highest BCUT2D eigenvalue weighted by molar-refractivity contribution is 6.23. The molecule has 1 aromatic carbocycles. The average molecular weight is 261 g/mol. The molecule has 100 valence electrons.